The zero-order valence-electron chi connectivity index (χ0n) is 14.0. The molecule has 1 aromatic carbocycles. The smallest absolute Gasteiger partial charge is 0.225 e. The van der Waals surface area contributed by atoms with E-state index in [2.05, 4.69) is 5.32 Å². The summed E-state index contributed by atoms with van der Waals surface area (Å²) in [5.74, 6) is -0.0371. The standard InChI is InChI=1S/C18H27NO2/c1-17(2,3)15(20)14(19-16(21)18(4,5)6)12-13-10-8-7-9-11-13/h7-11,14H,12H2,1-6H3,(H,19,21)/t14-/m1/s1. The summed E-state index contributed by atoms with van der Waals surface area (Å²) >= 11 is 0. The van der Waals surface area contributed by atoms with Crippen molar-refractivity contribution >= 4 is 11.7 Å². The molecule has 0 bridgehead atoms. The number of hydrogen-bond donors (Lipinski definition) is 1. The minimum atomic E-state index is -0.507. The van der Waals surface area contributed by atoms with Gasteiger partial charge in [-0.3, -0.25) is 9.59 Å². The summed E-state index contributed by atoms with van der Waals surface area (Å²) in [6.45, 7) is 11.2. The topological polar surface area (TPSA) is 46.2 Å². The van der Waals surface area contributed by atoms with Crippen LogP contribution < -0.4 is 5.32 Å². The number of ketones is 1. The quantitative estimate of drug-likeness (QED) is 0.923. The maximum atomic E-state index is 12.6. The van der Waals surface area contributed by atoms with Crippen LogP contribution in [0, 0.1) is 10.8 Å². The number of hydrogen-bond acceptors (Lipinski definition) is 2. The average Bonchev–Trinajstić information content (AvgIpc) is 2.36. The number of nitrogens with one attached hydrogen (secondary N) is 1. The largest absolute Gasteiger partial charge is 0.345 e. The lowest BCUT2D eigenvalue weighted by Crippen LogP contribution is -2.50. The Labute approximate surface area is 128 Å². The lowest BCUT2D eigenvalue weighted by Gasteiger charge is -2.28. The van der Waals surface area contributed by atoms with Gasteiger partial charge < -0.3 is 5.32 Å². The van der Waals surface area contributed by atoms with Crippen molar-refractivity contribution in [3.63, 3.8) is 0 Å². The molecule has 3 nitrogen and oxygen atoms in total. The summed E-state index contributed by atoms with van der Waals surface area (Å²) in [5, 5.41) is 2.92. The molecular formula is C18H27NO2. The fourth-order valence-corrected chi connectivity index (χ4v) is 1.96. The van der Waals surface area contributed by atoms with Gasteiger partial charge in [0.05, 0.1) is 6.04 Å². The lowest BCUT2D eigenvalue weighted by molar-refractivity contribution is -0.135. The maximum Gasteiger partial charge on any atom is 0.225 e. The van der Waals surface area contributed by atoms with E-state index in [9.17, 15) is 9.59 Å². The highest BCUT2D eigenvalue weighted by Gasteiger charge is 2.33. The molecule has 0 fully saturated rings. The normalized spacial score (nSPS) is 13.6. The minimum absolute atomic E-state index is 0.0592. The highest BCUT2D eigenvalue weighted by molar-refractivity contribution is 5.93. The Kier molecular flexibility index (Phi) is 5.32. The van der Waals surface area contributed by atoms with Crippen LogP contribution in [0.4, 0.5) is 0 Å². The van der Waals surface area contributed by atoms with Gasteiger partial charge in [-0.2, -0.15) is 0 Å². The maximum absolute atomic E-state index is 12.6. The Morgan fingerprint density at radius 3 is 1.90 bits per heavy atom. The molecule has 3 heteroatoms. The zero-order valence-corrected chi connectivity index (χ0v) is 14.0. The number of benzene rings is 1. The molecule has 0 saturated heterocycles. The van der Waals surface area contributed by atoms with E-state index in [0.29, 0.717) is 6.42 Å². The van der Waals surface area contributed by atoms with Crippen LogP contribution in [-0.4, -0.2) is 17.7 Å². The van der Waals surface area contributed by atoms with Crippen LogP contribution in [-0.2, 0) is 16.0 Å². The first-order chi connectivity index (χ1) is 9.51. The predicted molar refractivity (Wildman–Crippen MR) is 86.0 cm³/mol. The van der Waals surface area contributed by atoms with E-state index in [0.717, 1.165) is 5.56 Å². The Balaban J connectivity index is 2.96. The molecule has 1 aromatic rings. The van der Waals surface area contributed by atoms with E-state index in [4.69, 9.17) is 0 Å². The molecule has 0 aliphatic rings. The van der Waals surface area contributed by atoms with Crippen molar-refractivity contribution in [2.45, 2.75) is 54.0 Å². The third kappa shape index (κ3) is 5.33. The van der Waals surface area contributed by atoms with Crippen LogP contribution in [0.25, 0.3) is 0 Å². The highest BCUT2D eigenvalue weighted by Crippen LogP contribution is 2.21. The van der Waals surface area contributed by atoms with Crippen molar-refractivity contribution in [3.8, 4) is 0 Å². The predicted octanol–water partition coefficient (Wildman–Crippen LogP) is 3.38. The van der Waals surface area contributed by atoms with Gasteiger partial charge >= 0.3 is 0 Å². The molecule has 21 heavy (non-hydrogen) atoms. The first-order valence-electron chi connectivity index (χ1n) is 7.41. The Morgan fingerprint density at radius 2 is 1.48 bits per heavy atom. The van der Waals surface area contributed by atoms with Gasteiger partial charge in [-0.1, -0.05) is 71.9 Å². The van der Waals surface area contributed by atoms with Crippen molar-refractivity contribution in [2.75, 3.05) is 0 Å². The van der Waals surface area contributed by atoms with Crippen LogP contribution >= 0.6 is 0 Å². The van der Waals surface area contributed by atoms with Crippen molar-refractivity contribution < 1.29 is 9.59 Å². The van der Waals surface area contributed by atoms with E-state index in [-0.39, 0.29) is 11.7 Å². The summed E-state index contributed by atoms with van der Waals surface area (Å²) in [4.78, 5) is 24.9. The molecule has 1 rings (SSSR count). The highest BCUT2D eigenvalue weighted by atomic mass is 16.2. The first kappa shape index (κ1) is 17.4. The molecule has 1 atom stereocenters. The second kappa shape index (κ2) is 6.42. The second-order valence-electron chi connectivity index (χ2n) is 7.58. The third-order valence-electron chi connectivity index (χ3n) is 3.32. The van der Waals surface area contributed by atoms with Gasteiger partial charge in [0.25, 0.3) is 0 Å². The average molecular weight is 289 g/mol. The molecule has 0 aromatic heterocycles. The van der Waals surface area contributed by atoms with Gasteiger partial charge in [0.1, 0.15) is 0 Å². The molecule has 0 heterocycles. The number of Topliss-reactive ketones (excluding diaryl/α,β-unsaturated/α-hetero) is 1. The van der Waals surface area contributed by atoms with E-state index < -0.39 is 16.9 Å². The van der Waals surface area contributed by atoms with Crippen LogP contribution in [0.15, 0.2) is 30.3 Å². The first-order valence-corrected chi connectivity index (χ1v) is 7.41. The molecule has 0 spiro atoms. The molecule has 0 aliphatic heterocycles. The van der Waals surface area contributed by atoms with Crippen LogP contribution in [0.2, 0.25) is 0 Å². The van der Waals surface area contributed by atoms with Crippen molar-refractivity contribution in [2.24, 2.45) is 10.8 Å². The summed E-state index contributed by atoms with van der Waals surface area (Å²) in [7, 11) is 0. The molecule has 0 saturated carbocycles. The molecule has 0 aliphatic carbocycles. The third-order valence-corrected chi connectivity index (χ3v) is 3.32. The fraction of sp³-hybridized carbons (Fsp3) is 0.556. The fourth-order valence-electron chi connectivity index (χ4n) is 1.96. The summed E-state index contributed by atoms with van der Waals surface area (Å²) in [5.41, 5.74) is 0.0619. The number of amides is 1. The monoisotopic (exact) mass is 289 g/mol. The molecular weight excluding hydrogens is 262 g/mol. The van der Waals surface area contributed by atoms with Gasteiger partial charge in [0.15, 0.2) is 5.78 Å². The minimum Gasteiger partial charge on any atom is -0.345 e. The summed E-state index contributed by atoms with van der Waals surface area (Å²) in [6.07, 6.45) is 0.527. The zero-order chi connectivity index (χ0) is 16.3. The van der Waals surface area contributed by atoms with Crippen molar-refractivity contribution in [3.05, 3.63) is 35.9 Å². The van der Waals surface area contributed by atoms with Gasteiger partial charge in [-0.25, -0.2) is 0 Å². The molecule has 0 radical (unpaired) electrons. The van der Waals surface area contributed by atoms with Crippen LogP contribution in [0.5, 0.6) is 0 Å². The lowest BCUT2D eigenvalue weighted by atomic mass is 9.83. The molecule has 1 amide bonds. The SMILES string of the molecule is CC(C)(C)C(=O)N[C@H](Cc1ccccc1)C(=O)C(C)(C)C. The number of rotatable bonds is 4. The van der Waals surface area contributed by atoms with E-state index >= 15 is 0 Å². The molecule has 1 N–H and O–H groups in total. The van der Waals surface area contributed by atoms with E-state index in [1.165, 1.54) is 0 Å². The Morgan fingerprint density at radius 1 is 0.952 bits per heavy atom. The van der Waals surface area contributed by atoms with Crippen LogP contribution in [0.1, 0.15) is 47.1 Å². The van der Waals surface area contributed by atoms with Crippen molar-refractivity contribution in [1.29, 1.82) is 0 Å². The second-order valence-corrected chi connectivity index (χ2v) is 7.58. The molecule has 0 unspecified atom stereocenters. The summed E-state index contributed by atoms with van der Waals surface area (Å²) in [6, 6.07) is 9.30. The number of carbonyl (C=O) groups excluding carboxylic acids is 2. The Bertz CT molecular complexity index is 492. The van der Waals surface area contributed by atoms with E-state index in [1.54, 1.807) is 0 Å². The van der Waals surface area contributed by atoms with Crippen molar-refractivity contribution in [1.82, 2.24) is 5.32 Å². The molecule has 116 valence electrons. The van der Waals surface area contributed by atoms with Gasteiger partial charge in [0, 0.05) is 10.8 Å². The van der Waals surface area contributed by atoms with Crippen LogP contribution in [0.3, 0.4) is 0 Å². The summed E-state index contributed by atoms with van der Waals surface area (Å²) < 4.78 is 0. The van der Waals surface area contributed by atoms with Gasteiger partial charge in [-0.15, -0.1) is 0 Å². The Hall–Kier alpha value is -1.64. The van der Waals surface area contributed by atoms with Gasteiger partial charge in [0.2, 0.25) is 5.91 Å². The van der Waals surface area contributed by atoms with E-state index in [1.807, 2.05) is 71.9 Å². The number of carbonyl (C=O) groups is 2. The van der Waals surface area contributed by atoms with Gasteiger partial charge in [-0.05, 0) is 12.0 Å².